The van der Waals surface area contributed by atoms with Crippen molar-refractivity contribution in [1.29, 1.82) is 0 Å². The third-order valence-corrected chi connectivity index (χ3v) is 5.55. The molecule has 152 valence electrons. The highest BCUT2D eigenvalue weighted by atomic mass is 35.5. The topological polar surface area (TPSA) is 84.5 Å². The molecule has 7 heteroatoms. The molecule has 6 nitrogen and oxygen atoms in total. The Morgan fingerprint density at radius 2 is 1.71 bits per heavy atom. The number of hydrogen-bond donors (Lipinski definition) is 2. The lowest BCUT2D eigenvalue weighted by Gasteiger charge is -2.36. The Labute approximate surface area is 170 Å². The first-order valence-electron chi connectivity index (χ1n) is 9.66. The molecule has 2 amide bonds. The highest BCUT2D eigenvalue weighted by Gasteiger charge is 2.52. The van der Waals surface area contributed by atoms with E-state index in [9.17, 15) is 14.4 Å². The second-order valence-corrected chi connectivity index (χ2v) is 9.29. The van der Waals surface area contributed by atoms with Crippen LogP contribution in [0.4, 0.5) is 0 Å². The first-order chi connectivity index (χ1) is 13.1. The van der Waals surface area contributed by atoms with Gasteiger partial charge >= 0.3 is 17.8 Å². The van der Waals surface area contributed by atoms with E-state index in [1.165, 1.54) is 5.56 Å². The maximum atomic E-state index is 12.3. The summed E-state index contributed by atoms with van der Waals surface area (Å²) in [5.74, 6) is -1.30. The van der Waals surface area contributed by atoms with Gasteiger partial charge in [-0.15, -0.1) is 0 Å². The van der Waals surface area contributed by atoms with Gasteiger partial charge in [-0.2, -0.15) is 0 Å². The predicted octanol–water partition coefficient (Wildman–Crippen LogP) is 2.94. The molecule has 0 bridgehead atoms. The maximum absolute atomic E-state index is 12.3. The number of carbonyl (C=O) groups excluding carboxylic acids is 3. The smallest absolute Gasteiger partial charge is 0.314 e. The second kappa shape index (κ2) is 7.74. The summed E-state index contributed by atoms with van der Waals surface area (Å²) in [6, 6.07) is 7.68. The molecule has 2 aliphatic rings. The van der Waals surface area contributed by atoms with Gasteiger partial charge in [-0.1, -0.05) is 23.7 Å². The Morgan fingerprint density at radius 3 is 2.25 bits per heavy atom. The van der Waals surface area contributed by atoms with Crippen LogP contribution in [0.1, 0.15) is 57.9 Å². The van der Waals surface area contributed by atoms with E-state index in [0.717, 1.165) is 12.8 Å². The van der Waals surface area contributed by atoms with Crippen molar-refractivity contribution in [2.24, 2.45) is 5.41 Å². The van der Waals surface area contributed by atoms with Crippen LogP contribution in [0.3, 0.4) is 0 Å². The van der Waals surface area contributed by atoms with E-state index in [0.29, 0.717) is 23.8 Å². The van der Waals surface area contributed by atoms with Crippen molar-refractivity contribution < 1.29 is 19.1 Å². The molecule has 0 aromatic heterocycles. The summed E-state index contributed by atoms with van der Waals surface area (Å²) in [6.45, 7) is 5.56. The average Bonchev–Trinajstić information content (AvgIpc) is 3.36. The van der Waals surface area contributed by atoms with Gasteiger partial charge in [0, 0.05) is 17.6 Å². The van der Waals surface area contributed by atoms with Crippen LogP contribution in [0.5, 0.6) is 0 Å². The van der Waals surface area contributed by atoms with Gasteiger partial charge in [-0.05, 0) is 70.1 Å². The van der Waals surface area contributed by atoms with Gasteiger partial charge in [-0.3, -0.25) is 14.4 Å². The Bertz CT molecular complexity index is 760. The lowest BCUT2D eigenvalue weighted by Crippen LogP contribution is -2.50. The molecule has 2 fully saturated rings. The first-order valence-corrected chi connectivity index (χ1v) is 10.0. The standard InChI is InChI=1S/C21H27ClN2O4/c1-20(2,3)28-19(27)21(8-9-21)12-23-17(25)18(26)24-16-10-14(11-16)13-4-6-15(22)7-5-13/h4-7,14,16H,8-12H2,1-3H3,(H,23,25)(H,24,26). The van der Waals surface area contributed by atoms with Crippen LogP contribution in [0.15, 0.2) is 24.3 Å². The summed E-state index contributed by atoms with van der Waals surface area (Å²) < 4.78 is 5.41. The van der Waals surface area contributed by atoms with Crippen LogP contribution in [0.2, 0.25) is 5.02 Å². The molecule has 0 spiro atoms. The average molecular weight is 407 g/mol. The molecule has 0 heterocycles. The number of amides is 2. The minimum Gasteiger partial charge on any atom is -0.459 e. The molecule has 0 saturated heterocycles. The Kier molecular flexibility index (Phi) is 5.71. The van der Waals surface area contributed by atoms with Crippen molar-refractivity contribution in [3.05, 3.63) is 34.9 Å². The van der Waals surface area contributed by atoms with Crippen molar-refractivity contribution in [2.75, 3.05) is 6.54 Å². The molecule has 2 N–H and O–H groups in total. The van der Waals surface area contributed by atoms with E-state index < -0.39 is 22.8 Å². The lowest BCUT2D eigenvalue weighted by atomic mass is 9.76. The van der Waals surface area contributed by atoms with Crippen LogP contribution < -0.4 is 10.6 Å². The van der Waals surface area contributed by atoms with E-state index in [1.54, 1.807) is 0 Å². The van der Waals surface area contributed by atoms with Crippen molar-refractivity contribution >= 4 is 29.4 Å². The van der Waals surface area contributed by atoms with Gasteiger partial charge in [0.05, 0.1) is 5.41 Å². The van der Waals surface area contributed by atoms with Crippen LogP contribution in [-0.4, -0.2) is 36.0 Å². The summed E-state index contributed by atoms with van der Waals surface area (Å²) in [5.41, 5.74) is -0.0643. The third-order valence-electron chi connectivity index (χ3n) is 5.29. The van der Waals surface area contributed by atoms with Gasteiger partial charge in [-0.25, -0.2) is 0 Å². The maximum Gasteiger partial charge on any atom is 0.314 e. The summed E-state index contributed by atoms with van der Waals surface area (Å²) in [6.07, 6.45) is 2.91. The third kappa shape index (κ3) is 5.04. The number of nitrogens with one attached hydrogen (secondary N) is 2. The Morgan fingerprint density at radius 1 is 1.11 bits per heavy atom. The molecule has 0 atom stereocenters. The predicted molar refractivity (Wildman–Crippen MR) is 106 cm³/mol. The molecular weight excluding hydrogens is 380 g/mol. The van der Waals surface area contributed by atoms with Crippen LogP contribution in [0, 0.1) is 5.41 Å². The molecule has 2 saturated carbocycles. The SMILES string of the molecule is CC(C)(C)OC(=O)C1(CNC(=O)C(=O)NC2CC(c3ccc(Cl)cc3)C2)CC1. The molecule has 28 heavy (non-hydrogen) atoms. The molecular formula is C21H27ClN2O4. The fourth-order valence-corrected chi connectivity index (χ4v) is 3.44. The summed E-state index contributed by atoms with van der Waals surface area (Å²) >= 11 is 5.90. The van der Waals surface area contributed by atoms with E-state index >= 15 is 0 Å². The molecule has 0 radical (unpaired) electrons. The number of esters is 1. The Hall–Kier alpha value is -2.08. The summed E-state index contributed by atoms with van der Waals surface area (Å²) in [5, 5.41) is 6.04. The molecule has 1 aromatic rings. The van der Waals surface area contributed by atoms with Crippen molar-refractivity contribution in [3.63, 3.8) is 0 Å². The molecule has 3 rings (SSSR count). The van der Waals surface area contributed by atoms with Gasteiger partial charge in [0.1, 0.15) is 5.60 Å². The van der Waals surface area contributed by atoms with Crippen LogP contribution in [0.25, 0.3) is 0 Å². The zero-order chi connectivity index (χ0) is 20.5. The van der Waals surface area contributed by atoms with E-state index in [1.807, 2.05) is 45.0 Å². The van der Waals surface area contributed by atoms with Gasteiger partial charge in [0.2, 0.25) is 0 Å². The van der Waals surface area contributed by atoms with Crippen molar-refractivity contribution in [3.8, 4) is 0 Å². The van der Waals surface area contributed by atoms with Crippen molar-refractivity contribution in [2.45, 2.75) is 64.0 Å². The van der Waals surface area contributed by atoms with Gasteiger partial charge in [0.25, 0.3) is 0 Å². The highest BCUT2D eigenvalue weighted by molar-refractivity contribution is 6.35. The fraction of sp³-hybridized carbons (Fsp3) is 0.571. The normalized spacial score (nSPS) is 22.6. The van der Waals surface area contributed by atoms with Crippen LogP contribution >= 0.6 is 11.6 Å². The van der Waals surface area contributed by atoms with Gasteiger partial charge < -0.3 is 15.4 Å². The molecule has 2 aliphatic carbocycles. The van der Waals surface area contributed by atoms with E-state index in [4.69, 9.17) is 16.3 Å². The molecule has 1 aromatic carbocycles. The monoisotopic (exact) mass is 406 g/mol. The number of ether oxygens (including phenoxy) is 1. The molecule has 0 unspecified atom stereocenters. The van der Waals surface area contributed by atoms with Gasteiger partial charge in [0.15, 0.2) is 0 Å². The Balaban J connectivity index is 1.40. The number of rotatable bonds is 5. The van der Waals surface area contributed by atoms with Crippen molar-refractivity contribution in [1.82, 2.24) is 10.6 Å². The minimum atomic E-state index is -0.704. The number of carbonyl (C=O) groups is 3. The minimum absolute atomic E-state index is 0.0142. The van der Waals surface area contributed by atoms with E-state index in [-0.39, 0.29) is 18.6 Å². The lowest BCUT2D eigenvalue weighted by molar-refractivity contribution is -0.161. The summed E-state index contributed by atoms with van der Waals surface area (Å²) in [4.78, 5) is 36.5. The largest absolute Gasteiger partial charge is 0.459 e. The molecule has 0 aliphatic heterocycles. The first kappa shape index (κ1) is 20.6. The van der Waals surface area contributed by atoms with Crippen LogP contribution in [-0.2, 0) is 19.1 Å². The number of hydrogen-bond acceptors (Lipinski definition) is 4. The second-order valence-electron chi connectivity index (χ2n) is 8.86. The summed E-state index contributed by atoms with van der Waals surface area (Å²) in [7, 11) is 0. The van der Waals surface area contributed by atoms with E-state index in [2.05, 4.69) is 10.6 Å². The highest BCUT2D eigenvalue weighted by Crippen LogP contribution is 2.47. The number of halogens is 1. The zero-order valence-electron chi connectivity index (χ0n) is 16.5. The number of benzene rings is 1. The zero-order valence-corrected chi connectivity index (χ0v) is 17.3. The quantitative estimate of drug-likeness (QED) is 0.581. The fourth-order valence-electron chi connectivity index (χ4n) is 3.31.